The molecule has 6 rings (SSSR count). The Hall–Kier alpha value is -4.45. The Morgan fingerprint density at radius 1 is 0.575 bits per heavy atom. The first-order chi connectivity index (χ1) is 19.5. The SMILES string of the molecule is CCOS(=O)(=O)c1ccc2cc(-c3ccccc3)ccc2c1-c1c(OC)ccc2cc(-c3ccccc3)ccc12. The maximum Gasteiger partial charge on any atom is 0.297 e. The van der Waals surface area contributed by atoms with E-state index in [1.807, 2.05) is 72.8 Å². The van der Waals surface area contributed by atoms with Gasteiger partial charge in [0.2, 0.25) is 0 Å². The second-order valence-electron chi connectivity index (χ2n) is 9.55. The van der Waals surface area contributed by atoms with Crippen LogP contribution in [0.3, 0.4) is 0 Å². The van der Waals surface area contributed by atoms with Gasteiger partial charge in [0.1, 0.15) is 10.6 Å². The monoisotopic (exact) mass is 544 g/mol. The van der Waals surface area contributed by atoms with Crippen molar-refractivity contribution < 1.29 is 17.3 Å². The van der Waals surface area contributed by atoms with Gasteiger partial charge in [-0.25, -0.2) is 0 Å². The van der Waals surface area contributed by atoms with E-state index < -0.39 is 10.1 Å². The summed E-state index contributed by atoms with van der Waals surface area (Å²) in [5, 5.41) is 3.60. The highest BCUT2D eigenvalue weighted by Crippen LogP contribution is 2.45. The molecule has 0 aliphatic carbocycles. The molecular formula is C35H28O4S. The predicted molar refractivity (Wildman–Crippen MR) is 163 cm³/mol. The number of rotatable bonds is 7. The molecule has 40 heavy (non-hydrogen) atoms. The maximum absolute atomic E-state index is 13.5. The van der Waals surface area contributed by atoms with Gasteiger partial charge in [-0.15, -0.1) is 0 Å². The largest absolute Gasteiger partial charge is 0.496 e. The van der Waals surface area contributed by atoms with Crippen LogP contribution in [0.4, 0.5) is 0 Å². The minimum Gasteiger partial charge on any atom is -0.496 e. The summed E-state index contributed by atoms with van der Waals surface area (Å²) in [6, 6.07) is 40.1. The second kappa shape index (κ2) is 10.6. The molecule has 0 aliphatic heterocycles. The second-order valence-corrected chi connectivity index (χ2v) is 11.1. The summed E-state index contributed by atoms with van der Waals surface area (Å²) in [5.74, 6) is 0.590. The summed E-state index contributed by atoms with van der Waals surface area (Å²) in [7, 11) is -2.43. The highest BCUT2D eigenvalue weighted by atomic mass is 32.2. The quantitative estimate of drug-likeness (QED) is 0.189. The molecule has 0 saturated heterocycles. The predicted octanol–water partition coefficient (Wildman–Crippen LogP) is 8.73. The molecule has 0 spiro atoms. The fraction of sp³-hybridized carbons (Fsp3) is 0.0857. The van der Waals surface area contributed by atoms with Crippen molar-refractivity contribution >= 4 is 31.7 Å². The zero-order valence-electron chi connectivity index (χ0n) is 22.3. The van der Waals surface area contributed by atoms with Crippen LogP contribution in [0.15, 0.2) is 126 Å². The minimum absolute atomic E-state index is 0.0415. The van der Waals surface area contributed by atoms with Crippen LogP contribution in [0.1, 0.15) is 6.92 Å². The normalized spacial score (nSPS) is 11.7. The van der Waals surface area contributed by atoms with Crippen LogP contribution in [0.5, 0.6) is 5.75 Å². The van der Waals surface area contributed by atoms with Crippen molar-refractivity contribution in [2.75, 3.05) is 13.7 Å². The van der Waals surface area contributed by atoms with Crippen molar-refractivity contribution in [1.29, 1.82) is 0 Å². The Bertz CT molecular complexity index is 1950. The summed E-state index contributed by atoms with van der Waals surface area (Å²) in [6.45, 7) is 1.72. The molecule has 6 aromatic rings. The van der Waals surface area contributed by atoms with Gasteiger partial charge >= 0.3 is 0 Å². The summed E-state index contributed by atoms with van der Waals surface area (Å²) in [4.78, 5) is 0.118. The Morgan fingerprint density at radius 3 is 1.62 bits per heavy atom. The van der Waals surface area contributed by atoms with Gasteiger partial charge < -0.3 is 4.74 Å². The van der Waals surface area contributed by atoms with Crippen molar-refractivity contribution in [2.45, 2.75) is 11.8 Å². The van der Waals surface area contributed by atoms with Gasteiger partial charge in [0.25, 0.3) is 10.1 Å². The molecule has 0 fully saturated rings. The number of ether oxygens (including phenoxy) is 1. The molecule has 0 bridgehead atoms. The van der Waals surface area contributed by atoms with Crippen molar-refractivity contribution in [1.82, 2.24) is 0 Å². The number of methoxy groups -OCH3 is 1. The Balaban J connectivity index is 1.67. The van der Waals surface area contributed by atoms with E-state index >= 15 is 0 Å². The first-order valence-electron chi connectivity index (χ1n) is 13.2. The molecule has 0 saturated carbocycles. The third-order valence-electron chi connectivity index (χ3n) is 7.19. The third-order valence-corrected chi connectivity index (χ3v) is 8.61. The van der Waals surface area contributed by atoms with Crippen molar-refractivity contribution in [3.63, 3.8) is 0 Å². The Labute approximate surface area is 234 Å². The molecule has 5 heteroatoms. The van der Waals surface area contributed by atoms with Crippen molar-refractivity contribution in [2.24, 2.45) is 0 Å². The molecule has 0 aromatic heterocycles. The van der Waals surface area contributed by atoms with Gasteiger partial charge in [-0.1, -0.05) is 97.1 Å². The highest BCUT2D eigenvalue weighted by molar-refractivity contribution is 7.87. The van der Waals surface area contributed by atoms with E-state index in [0.29, 0.717) is 11.3 Å². The molecule has 6 aromatic carbocycles. The van der Waals surface area contributed by atoms with Gasteiger partial charge in [0.15, 0.2) is 0 Å². The Kier molecular flexibility index (Phi) is 6.84. The third kappa shape index (κ3) is 4.64. The van der Waals surface area contributed by atoms with Crippen molar-refractivity contribution in [3.05, 3.63) is 121 Å². The summed E-state index contributed by atoms with van der Waals surface area (Å²) in [6.07, 6.45) is 0. The van der Waals surface area contributed by atoms with E-state index in [-0.39, 0.29) is 11.5 Å². The summed E-state index contributed by atoms with van der Waals surface area (Å²) >= 11 is 0. The first-order valence-corrected chi connectivity index (χ1v) is 14.6. The van der Waals surface area contributed by atoms with Crippen LogP contribution >= 0.6 is 0 Å². The van der Waals surface area contributed by atoms with E-state index in [1.54, 1.807) is 20.1 Å². The number of benzene rings is 6. The lowest BCUT2D eigenvalue weighted by atomic mass is 9.90. The number of fused-ring (bicyclic) bond motifs is 2. The molecule has 0 N–H and O–H groups in total. The number of hydrogen-bond donors (Lipinski definition) is 0. The first kappa shape index (κ1) is 25.8. The number of hydrogen-bond acceptors (Lipinski definition) is 4. The smallest absolute Gasteiger partial charge is 0.297 e. The fourth-order valence-electron chi connectivity index (χ4n) is 5.35. The molecular weight excluding hydrogens is 516 g/mol. The molecule has 198 valence electrons. The maximum atomic E-state index is 13.5. The Morgan fingerprint density at radius 2 is 1.10 bits per heavy atom. The summed E-state index contributed by atoms with van der Waals surface area (Å²) < 4.78 is 38.1. The van der Waals surface area contributed by atoms with Gasteiger partial charge in [0.05, 0.1) is 13.7 Å². The van der Waals surface area contributed by atoms with Crippen LogP contribution in [-0.4, -0.2) is 22.1 Å². The van der Waals surface area contributed by atoms with Crippen LogP contribution in [0.2, 0.25) is 0 Å². The fourth-order valence-corrected chi connectivity index (χ4v) is 6.49. The van der Waals surface area contributed by atoms with Crippen LogP contribution < -0.4 is 4.74 Å². The minimum atomic E-state index is -4.04. The van der Waals surface area contributed by atoms with Crippen LogP contribution in [0, 0.1) is 0 Å². The van der Waals surface area contributed by atoms with Gasteiger partial charge in [0, 0.05) is 11.1 Å². The van der Waals surface area contributed by atoms with E-state index in [0.717, 1.165) is 49.4 Å². The lowest BCUT2D eigenvalue weighted by Crippen LogP contribution is -2.08. The molecule has 4 nitrogen and oxygen atoms in total. The average Bonchev–Trinajstić information content (AvgIpc) is 3.00. The highest BCUT2D eigenvalue weighted by Gasteiger charge is 2.26. The van der Waals surface area contributed by atoms with E-state index in [4.69, 9.17) is 8.92 Å². The van der Waals surface area contributed by atoms with Crippen LogP contribution in [-0.2, 0) is 14.3 Å². The zero-order chi connectivity index (χ0) is 27.7. The topological polar surface area (TPSA) is 52.6 Å². The zero-order valence-corrected chi connectivity index (χ0v) is 23.1. The molecule has 0 amide bonds. The summed E-state index contributed by atoms with van der Waals surface area (Å²) in [5.41, 5.74) is 5.62. The van der Waals surface area contributed by atoms with Gasteiger partial charge in [-0.05, 0) is 75.0 Å². The molecule has 0 unspecified atom stereocenters. The lowest BCUT2D eigenvalue weighted by molar-refractivity contribution is 0.338. The van der Waals surface area contributed by atoms with E-state index in [9.17, 15) is 8.42 Å². The lowest BCUT2D eigenvalue weighted by Gasteiger charge is -2.19. The molecule has 0 radical (unpaired) electrons. The van der Waals surface area contributed by atoms with Gasteiger partial charge in [-0.3, -0.25) is 4.18 Å². The molecule has 0 aliphatic rings. The van der Waals surface area contributed by atoms with E-state index in [1.165, 1.54) is 0 Å². The standard InChI is InChI=1S/C35H28O4S/c1-3-39-40(36,37)33-21-17-29-23-27(25-12-8-5-9-13-25)15-19-31(29)35(33)34-30-18-14-26(24-10-6-4-7-11-24)22-28(30)16-20-32(34)38-2/h4-23H,3H2,1-2H3. The van der Waals surface area contributed by atoms with Gasteiger partial charge in [-0.2, -0.15) is 8.42 Å². The average molecular weight is 545 g/mol. The molecule has 0 atom stereocenters. The molecule has 0 heterocycles. The van der Waals surface area contributed by atoms with E-state index in [2.05, 4.69) is 42.5 Å². The van der Waals surface area contributed by atoms with Crippen molar-refractivity contribution in [3.8, 4) is 39.1 Å². The van der Waals surface area contributed by atoms with Crippen LogP contribution in [0.25, 0.3) is 54.9 Å².